The van der Waals surface area contributed by atoms with Crippen LogP contribution in [0.15, 0.2) is 42.0 Å². The molecule has 1 atom stereocenters. The topological polar surface area (TPSA) is 76.1 Å². The molecule has 0 spiro atoms. The van der Waals surface area contributed by atoms with E-state index in [1.165, 1.54) is 5.56 Å². The van der Waals surface area contributed by atoms with Crippen LogP contribution in [-0.2, 0) is 14.3 Å². The third-order valence-corrected chi connectivity index (χ3v) is 6.93. The number of esters is 2. The molecule has 0 saturated carbocycles. The van der Waals surface area contributed by atoms with E-state index in [0.717, 1.165) is 22.4 Å². The first-order chi connectivity index (χ1) is 17.4. The Morgan fingerprint density at radius 3 is 2.05 bits per heavy atom. The molecule has 1 heterocycles. The molecule has 0 radical (unpaired) electrons. The first kappa shape index (κ1) is 28.5. The van der Waals surface area contributed by atoms with Crippen LogP contribution in [0.3, 0.4) is 0 Å². The van der Waals surface area contributed by atoms with Crippen LogP contribution in [0.5, 0.6) is 0 Å². The smallest absolute Gasteiger partial charge is 0.338 e. The lowest BCUT2D eigenvalue weighted by Gasteiger charge is -2.26. The Morgan fingerprint density at radius 2 is 1.59 bits per heavy atom. The van der Waals surface area contributed by atoms with Gasteiger partial charge in [0.1, 0.15) is 6.61 Å². The Hall–Kier alpha value is -3.12. The van der Waals surface area contributed by atoms with Gasteiger partial charge in [-0.25, -0.2) is 9.59 Å². The summed E-state index contributed by atoms with van der Waals surface area (Å²) in [4.78, 5) is 28.1. The second-order valence-electron chi connectivity index (χ2n) is 11.2. The lowest BCUT2D eigenvalue weighted by Crippen LogP contribution is -2.39. The number of cyclic esters (lactones) is 1. The van der Waals surface area contributed by atoms with E-state index in [4.69, 9.17) is 9.47 Å². The van der Waals surface area contributed by atoms with Crippen LogP contribution in [0.1, 0.15) is 98.3 Å². The highest BCUT2D eigenvalue weighted by Gasteiger charge is 2.45. The second kappa shape index (κ2) is 11.5. The van der Waals surface area contributed by atoms with Crippen LogP contribution in [-0.4, -0.2) is 50.0 Å². The Kier molecular flexibility index (Phi) is 8.85. The second-order valence-corrected chi connectivity index (χ2v) is 11.2. The summed E-state index contributed by atoms with van der Waals surface area (Å²) < 4.78 is 11.4. The van der Waals surface area contributed by atoms with Crippen LogP contribution < -0.4 is 4.90 Å². The highest BCUT2D eigenvalue weighted by molar-refractivity contribution is 5.96. The predicted octanol–water partition coefficient (Wildman–Crippen LogP) is 6.04. The van der Waals surface area contributed by atoms with Crippen molar-refractivity contribution in [1.29, 1.82) is 0 Å². The third-order valence-electron chi connectivity index (χ3n) is 6.93. The minimum atomic E-state index is -1.30. The molecule has 1 unspecified atom stereocenters. The number of benzene rings is 2. The molecule has 200 valence electrons. The van der Waals surface area contributed by atoms with E-state index in [0.29, 0.717) is 17.1 Å². The molecular formula is C31H41NO5. The molecule has 0 aliphatic carbocycles. The van der Waals surface area contributed by atoms with E-state index in [1.807, 2.05) is 43.3 Å². The number of aliphatic hydroxyl groups excluding tert-OH is 1. The normalized spacial score (nSPS) is 18.7. The quantitative estimate of drug-likeness (QED) is 0.329. The molecule has 3 rings (SSSR count). The van der Waals surface area contributed by atoms with E-state index in [2.05, 4.69) is 53.7 Å². The van der Waals surface area contributed by atoms with Gasteiger partial charge in [0.2, 0.25) is 0 Å². The maximum absolute atomic E-state index is 13.5. The minimum absolute atomic E-state index is 0.128. The van der Waals surface area contributed by atoms with Gasteiger partial charge in [-0.3, -0.25) is 0 Å². The summed E-state index contributed by atoms with van der Waals surface area (Å²) in [5.74, 6) is -0.372. The largest absolute Gasteiger partial charge is 0.458 e. The molecule has 0 aromatic heterocycles. The number of rotatable bonds is 9. The van der Waals surface area contributed by atoms with Gasteiger partial charge in [-0.15, -0.1) is 0 Å². The lowest BCUT2D eigenvalue weighted by atomic mass is 9.84. The van der Waals surface area contributed by atoms with Gasteiger partial charge in [-0.05, 0) is 58.2 Å². The molecule has 1 aliphatic rings. The number of anilines is 1. The number of hydrogen-bond donors (Lipinski definition) is 1. The first-order valence-electron chi connectivity index (χ1n) is 13.0. The van der Waals surface area contributed by atoms with Gasteiger partial charge in [0.25, 0.3) is 0 Å². The first-order valence-corrected chi connectivity index (χ1v) is 13.0. The van der Waals surface area contributed by atoms with Crippen molar-refractivity contribution in [3.63, 3.8) is 0 Å². The number of carbonyl (C=O) groups is 2. The minimum Gasteiger partial charge on any atom is -0.458 e. The highest BCUT2D eigenvalue weighted by Crippen LogP contribution is 2.35. The van der Waals surface area contributed by atoms with Crippen LogP contribution in [0, 0.1) is 0 Å². The Bertz CT molecular complexity index is 1130. The van der Waals surface area contributed by atoms with Gasteiger partial charge >= 0.3 is 11.9 Å². The summed E-state index contributed by atoms with van der Waals surface area (Å²) in [6, 6.07) is 12.0. The van der Waals surface area contributed by atoms with Gasteiger partial charge in [0.05, 0.1) is 12.2 Å². The summed E-state index contributed by atoms with van der Waals surface area (Å²) in [7, 11) is 3.93. The molecule has 2 aromatic rings. The van der Waals surface area contributed by atoms with Gasteiger partial charge in [-0.2, -0.15) is 0 Å². The highest BCUT2D eigenvalue weighted by atomic mass is 16.6. The number of carbonyl (C=O) groups excluding carboxylic acids is 2. The molecule has 6 nitrogen and oxygen atoms in total. The molecule has 0 bridgehead atoms. The summed E-state index contributed by atoms with van der Waals surface area (Å²) in [5.41, 5.74) is 4.71. The van der Waals surface area contributed by atoms with Gasteiger partial charge in [0.15, 0.2) is 5.60 Å². The molecule has 1 N–H and O–H groups in total. The van der Waals surface area contributed by atoms with Crippen LogP contribution in [0.4, 0.5) is 5.69 Å². The van der Waals surface area contributed by atoms with Crippen molar-refractivity contribution in [2.24, 2.45) is 0 Å². The number of hydrogen-bond acceptors (Lipinski definition) is 6. The maximum Gasteiger partial charge on any atom is 0.338 e. The van der Waals surface area contributed by atoms with Crippen LogP contribution >= 0.6 is 0 Å². The van der Waals surface area contributed by atoms with Gasteiger partial charge < -0.3 is 19.5 Å². The monoisotopic (exact) mass is 507 g/mol. The summed E-state index contributed by atoms with van der Waals surface area (Å²) >= 11 is 0. The van der Waals surface area contributed by atoms with Crippen molar-refractivity contribution in [3.05, 3.63) is 69.8 Å². The SMILES string of the molecule is CC(C)c1cc(C(C)C)c(C(=O)OCC2(CO)C/C(=C/c3ccc(N(C)C)cc3)C(=O)O2)c(C(C)C)c1. The zero-order chi connectivity index (χ0) is 27.5. The van der Waals surface area contributed by atoms with Crippen molar-refractivity contribution in [3.8, 4) is 0 Å². The Labute approximate surface area is 221 Å². The average Bonchev–Trinajstić information content (AvgIpc) is 3.17. The zero-order valence-corrected chi connectivity index (χ0v) is 23.4. The van der Waals surface area contributed by atoms with E-state index < -0.39 is 24.1 Å². The fraction of sp³-hybridized carbons (Fsp3) is 0.484. The zero-order valence-electron chi connectivity index (χ0n) is 23.4. The Morgan fingerprint density at radius 1 is 1.03 bits per heavy atom. The number of aliphatic hydroxyl groups is 1. The third kappa shape index (κ3) is 6.42. The molecule has 0 amide bonds. The molecule has 37 heavy (non-hydrogen) atoms. The summed E-state index contributed by atoms with van der Waals surface area (Å²) in [5, 5.41) is 10.2. The van der Waals surface area contributed by atoms with E-state index >= 15 is 0 Å². The van der Waals surface area contributed by atoms with E-state index in [-0.39, 0.29) is 24.9 Å². The van der Waals surface area contributed by atoms with Crippen molar-refractivity contribution >= 4 is 23.7 Å². The van der Waals surface area contributed by atoms with Crippen molar-refractivity contribution in [1.82, 2.24) is 0 Å². The molecule has 1 fully saturated rings. The van der Waals surface area contributed by atoms with Crippen molar-refractivity contribution in [2.75, 3.05) is 32.2 Å². The molecule has 6 heteroatoms. The maximum atomic E-state index is 13.5. The molecule has 1 saturated heterocycles. The van der Waals surface area contributed by atoms with Gasteiger partial charge in [-0.1, -0.05) is 65.8 Å². The summed E-state index contributed by atoms with van der Waals surface area (Å²) in [6.07, 6.45) is 1.92. The molecular weight excluding hydrogens is 466 g/mol. The van der Waals surface area contributed by atoms with E-state index in [1.54, 1.807) is 6.08 Å². The van der Waals surface area contributed by atoms with Gasteiger partial charge in [0, 0.05) is 31.8 Å². The van der Waals surface area contributed by atoms with E-state index in [9.17, 15) is 14.7 Å². The fourth-order valence-corrected chi connectivity index (χ4v) is 4.57. The fourth-order valence-electron chi connectivity index (χ4n) is 4.57. The lowest BCUT2D eigenvalue weighted by molar-refractivity contribution is -0.154. The number of nitrogens with zero attached hydrogens (tertiary/aromatic N) is 1. The molecule has 1 aliphatic heterocycles. The van der Waals surface area contributed by atoms with Crippen molar-refractivity contribution in [2.45, 2.75) is 71.3 Å². The number of ether oxygens (including phenoxy) is 2. The predicted molar refractivity (Wildman–Crippen MR) is 148 cm³/mol. The summed E-state index contributed by atoms with van der Waals surface area (Å²) in [6.45, 7) is 11.9. The standard InChI is InChI=1S/C31H41NO5/c1-19(2)23-14-26(20(3)4)28(27(15-23)21(5)6)30(35)36-18-31(17-33)16-24(29(34)37-31)13-22-9-11-25(12-10-22)32(7)8/h9-15,19-21,33H,16-18H2,1-8H3/b24-13-. The Balaban J connectivity index is 1.84. The van der Waals surface area contributed by atoms with Crippen LogP contribution in [0.25, 0.3) is 6.08 Å². The average molecular weight is 508 g/mol. The van der Waals surface area contributed by atoms with Crippen LogP contribution in [0.2, 0.25) is 0 Å². The van der Waals surface area contributed by atoms with Crippen molar-refractivity contribution < 1.29 is 24.2 Å². The molecule has 2 aromatic carbocycles.